The second-order valence-electron chi connectivity index (χ2n) is 8.31. The van der Waals surface area contributed by atoms with Gasteiger partial charge in [-0.2, -0.15) is 0 Å². The minimum atomic E-state index is 0. The third kappa shape index (κ3) is 6.95. The number of rotatable bonds is 7. The molecule has 1 aliphatic heterocycles. The predicted octanol–water partition coefficient (Wildman–Crippen LogP) is 2.86. The van der Waals surface area contributed by atoms with E-state index in [1.165, 1.54) is 32.1 Å². The summed E-state index contributed by atoms with van der Waals surface area (Å²) >= 11 is 0. The van der Waals surface area contributed by atoms with Gasteiger partial charge in [0.1, 0.15) is 5.82 Å². The van der Waals surface area contributed by atoms with Crippen molar-refractivity contribution in [2.45, 2.75) is 51.1 Å². The van der Waals surface area contributed by atoms with Gasteiger partial charge >= 0.3 is 0 Å². The van der Waals surface area contributed by atoms with E-state index < -0.39 is 0 Å². The highest BCUT2D eigenvalue weighted by molar-refractivity contribution is 14.0. The van der Waals surface area contributed by atoms with Crippen molar-refractivity contribution < 1.29 is 4.74 Å². The number of hydrogen-bond donors (Lipinski definition) is 2. The maximum Gasteiger partial charge on any atom is 0.191 e. The van der Waals surface area contributed by atoms with E-state index in [1.807, 2.05) is 37.2 Å². The Morgan fingerprint density at radius 2 is 1.90 bits per heavy atom. The zero-order valence-corrected chi connectivity index (χ0v) is 21.2. The van der Waals surface area contributed by atoms with E-state index in [0.717, 1.165) is 56.9 Å². The number of aliphatic imine (C=N–C) groups is 1. The number of guanidine groups is 1. The van der Waals surface area contributed by atoms with Crippen LogP contribution in [0, 0.1) is 0 Å². The van der Waals surface area contributed by atoms with Crippen molar-refractivity contribution in [1.29, 1.82) is 0 Å². The number of ether oxygens (including phenoxy) is 1. The number of morpholine rings is 1. The maximum atomic E-state index is 5.61. The molecule has 0 unspecified atom stereocenters. The van der Waals surface area contributed by atoms with E-state index in [1.54, 1.807) is 0 Å². The molecule has 0 aromatic carbocycles. The zero-order valence-electron chi connectivity index (χ0n) is 18.8. The lowest BCUT2D eigenvalue weighted by atomic mass is 9.80. The van der Waals surface area contributed by atoms with Crippen molar-refractivity contribution >= 4 is 35.8 Å². The lowest BCUT2D eigenvalue weighted by molar-refractivity contribution is -0.0352. The molecule has 2 N–H and O–H groups in total. The number of anilines is 1. The van der Waals surface area contributed by atoms with Crippen molar-refractivity contribution in [1.82, 2.24) is 20.5 Å². The van der Waals surface area contributed by atoms with Gasteiger partial charge in [0.15, 0.2) is 5.96 Å². The quantitative estimate of drug-likeness (QED) is 0.321. The van der Waals surface area contributed by atoms with Crippen LogP contribution in [-0.2, 0) is 11.3 Å². The molecule has 1 saturated carbocycles. The summed E-state index contributed by atoms with van der Waals surface area (Å²) in [6, 6.07) is 6.10. The van der Waals surface area contributed by atoms with Crippen LogP contribution in [0.15, 0.2) is 23.2 Å². The van der Waals surface area contributed by atoms with Crippen LogP contribution in [0.1, 0.15) is 44.7 Å². The van der Waals surface area contributed by atoms with Crippen molar-refractivity contribution in [2.75, 3.05) is 58.4 Å². The first-order valence-corrected chi connectivity index (χ1v) is 11.1. The highest BCUT2D eigenvalue weighted by atomic mass is 127. The molecule has 1 aromatic heterocycles. The van der Waals surface area contributed by atoms with E-state index in [0.29, 0.717) is 6.54 Å². The summed E-state index contributed by atoms with van der Waals surface area (Å²) in [5.74, 6) is 1.84. The van der Waals surface area contributed by atoms with Crippen LogP contribution in [0.25, 0.3) is 0 Å². The Balaban J connectivity index is 0.00000320. The van der Waals surface area contributed by atoms with Gasteiger partial charge in [-0.05, 0) is 31.9 Å². The second kappa shape index (κ2) is 12.7. The fraction of sp³-hybridized carbons (Fsp3) is 0.727. The largest absolute Gasteiger partial charge is 0.379 e. The van der Waals surface area contributed by atoms with Crippen LogP contribution in [-0.4, -0.2) is 74.9 Å². The molecule has 0 spiro atoms. The molecule has 0 amide bonds. The number of aromatic nitrogens is 1. The fourth-order valence-electron chi connectivity index (χ4n) is 4.41. The summed E-state index contributed by atoms with van der Waals surface area (Å²) in [4.78, 5) is 14.2. The van der Waals surface area contributed by atoms with Crippen LogP contribution in [0.4, 0.5) is 5.82 Å². The van der Waals surface area contributed by atoms with Gasteiger partial charge in [-0.15, -0.1) is 24.0 Å². The van der Waals surface area contributed by atoms with Gasteiger partial charge < -0.3 is 20.3 Å². The number of nitrogens with one attached hydrogen (secondary N) is 2. The van der Waals surface area contributed by atoms with Crippen LogP contribution in [0.2, 0.25) is 0 Å². The van der Waals surface area contributed by atoms with E-state index in [4.69, 9.17) is 9.73 Å². The van der Waals surface area contributed by atoms with Crippen molar-refractivity contribution in [3.05, 3.63) is 23.9 Å². The Labute approximate surface area is 199 Å². The van der Waals surface area contributed by atoms with E-state index in [-0.39, 0.29) is 29.5 Å². The molecule has 1 aliphatic carbocycles. The molecule has 0 bridgehead atoms. The van der Waals surface area contributed by atoms with Gasteiger partial charge in [0, 0.05) is 45.8 Å². The van der Waals surface area contributed by atoms with Gasteiger partial charge in [-0.1, -0.05) is 25.3 Å². The van der Waals surface area contributed by atoms with E-state index in [9.17, 15) is 0 Å². The van der Waals surface area contributed by atoms with Crippen molar-refractivity contribution in [3.8, 4) is 0 Å². The lowest BCUT2D eigenvalue weighted by Gasteiger charge is -2.48. The Hall–Kier alpha value is -1.13. The third-order valence-corrected chi connectivity index (χ3v) is 6.04. The smallest absolute Gasteiger partial charge is 0.191 e. The predicted molar refractivity (Wildman–Crippen MR) is 135 cm³/mol. The van der Waals surface area contributed by atoms with Crippen LogP contribution < -0.4 is 15.5 Å². The van der Waals surface area contributed by atoms with E-state index in [2.05, 4.69) is 27.4 Å². The normalized spacial score (nSPS) is 19.6. The molecule has 8 heteroatoms. The Morgan fingerprint density at radius 3 is 2.57 bits per heavy atom. The molecule has 0 atom stereocenters. The minimum Gasteiger partial charge on any atom is -0.379 e. The first-order valence-electron chi connectivity index (χ1n) is 11.1. The number of pyridine rings is 1. The minimum absolute atomic E-state index is 0. The monoisotopic (exact) mass is 530 g/mol. The van der Waals surface area contributed by atoms with Gasteiger partial charge in [-0.3, -0.25) is 4.90 Å². The number of hydrogen-bond acceptors (Lipinski definition) is 5. The summed E-state index contributed by atoms with van der Waals surface area (Å²) in [5, 5.41) is 7.06. The molecule has 2 heterocycles. The summed E-state index contributed by atoms with van der Waals surface area (Å²) in [6.45, 7) is 8.24. The highest BCUT2D eigenvalue weighted by Gasteiger charge is 2.38. The van der Waals surface area contributed by atoms with Crippen LogP contribution >= 0.6 is 24.0 Å². The summed E-state index contributed by atoms with van der Waals surface area (Å²) in [6.07, 6.45) is 6.49. The number of nitrogens with zero attached hydrogens (tertiary/aromatic N) is 4. The Kier molecular flexibility index (Phi) is 10.6. The van der Waals surface area contributed by atoms with Crippen LogP contribution in [0.3, 0.4) is 0 Å². The van der Waals surface area contributed by atoms with Crippen LogP contribution in [0.5, 0.6) is 0 Å². The molecule has 170 valence electrons. The highest BCUT2D eigenvalue weighted by Crippen LogP contribution is 2.33. The third-order valence-electron chi connectivity index (χ3n) is 6.04. The summed E-state index contributed by atoms with van der Waals surface area (Å²) < 4.78 is 5.61. The van der Waals surface area contributed by atoms with E-state index >= 15 is 0 Å². The average Bonchev–Trinajstić information content (AvgIpc) is 2.77. The Morgan fingerprint density at radius 1 is 1.17 bits per heavy atom. The maximum absolute atomic E-state index is 5.61. The molecular weight excluding hydrogens is 491 g/mol. The molecule has 1 saturated heterocycles. The van der Waals surface area contributed by atoms with Gasteiger partial charge in [0.25, 0.3) is 0 Å². The molecule has 2 fully saturated rings. The van der Waals surface area contributed by atoms with Crippen molar-refractivity contribution in [2.24, 2.45) is 4.99 Å². The molecule has 1 aromatic rings. The number of halogens is 1. The first kappa shape index (κ1) is 25.1. The van der Waals surface area contributed by atoms with Gasteiger partial charge in [0.2, 0.25) is 0 Å². The average molecular weight is 530 g/mol. The Bertz CT molecular complexity index is 657. The molecule has 0 radical (unpaired) electrons. The lowest BCUT2D eigenvalue weighted by Crippen LogP contribution is -2.60. The van der Waals surface area contributed by atoms with Gasteiger partial charge in [-0.25, -0.2) is 9.98 Å². The first-order chi connectivity index (χ1) is 14.1. The zero-order chi connectivity index (χ0) is 20.5. The molecular formula is C22H39IN6O. The fourth-order valence-corrected chi connectivity index (χ4v) is 4.41. The second-order valence-corrected chi connectivity index (χ2v) is 8.31. The van der Waals surface area contributed by atoms with Gasteiger partial charge in [0.05, 0.1) is 25.5 Å². The molecule has 7 nitrogen and oxygen atoms in total. The molecule has 3 rings (SSSR count). The summed E-state index contributed by atoms with van der Waals surface area (Å²) in [5.41, 5.74) is 1.20. The summed E-state index contributed by atoms with van der Waals surface area (Å²) in [7, 11) is 4.02. The SMILES string of the molecule is CCNC(=NCc1cccc(N(C)C)n1)NCC1(N2CCOCC2)CCCCC1.I. The van der Waals surface area contributed by atoms with Crippen molar-refractivity contribution in [3.63, 3.8) is 0 Å². The standard InChI is InChI=1S/C22H38N6O.HI/c1-4-23-21(24-17-19-9-8-10-20(26-19)27(2)3)25-18-22(11-6-5-7-12-22)28-13-15-29-16-14-28;/h8-10H,4-7,11-18H2,1-3H3,(H2,23,24,25);1H. The molecule has 2 aliphatic rings. The molecule has 30 heavy (non-hydrogen) atoms. The topological polar surface area (TPSA) is 65.0 Å².